The van der Waals surface area contributed by atoms with Gasteiger partial charge in [-0.25, -0.2) is 4.79 Å². The van der Waals surface area contributed by atoms with Crippen molar-refractivity contribution in [3.05, 3.63) is 71.8 Å². The molecule has 6 nitrogen and oxygen atoms in total. The van der Waals surface area contributed by atoms with Crippen molar-refractivity contribution in [3.8, 4) is 0 Å². The lowest BCUT2D eigenvalue weighted by Gasteiger charge is -2.35. The van der Waals surface area contributed by atoms with Gasteiger partial charge in [-0.05, 0) is 64.0 Å². The van der Waals surface area contributed by atoms with Gasteiger partial charge in [0.05, 0.1) is 12.6 Å². The molecule has 2 aromatic carbocycles. The third-order valence-electron chi connectivity index (χ3n) is 6.04. The largest absolute Gasteiger partial charge is 0.465 e. The molecule has 34 heavy (non-hydrogen) atoms. The van der Waals surface area contributed by atoms with Crippen LogP contribution in [0.2, 0.25) is 0 Å². The molecule has 6 heteroatoms. The lowest BCUT2D eigenvalue weighted by Crippen LogP contribution is -2.45. The molecule has 1 aliphatic heterocycles. The Labute approximate surface area is 203 Å². The van der Waals surface area contributed by atoms with Gasteiger partial charge in [0.25, 0.3) is 0 Å². The highest BCUT2D eigenvalue weighted by Crippen LogP contribution is 2.27. The van der Waals surface area contributed by atoms with Crippen LogP contribution in [0, 0.1) is 5.92 Å². The van der Waals surface area contributed by atoms with Crippen LogP contribution in [0.25, 0.3) is 0 Å². The number of nitrogens with one attached hydrogen (secondary N) is 1. The third-order valence-corrected chi connectivity index (χ3v) is 6.04. The average Bonchev–Trinajstić information content (AvgIpc) is 2.82. The Morgan fingerprint density at radius 3 is 1.97 bits per heavy atom. The van der Waals surface area contributed by atoms with Crippen LogP contribution in [0.4, 0.5) is 4.79 Å². The van der Waals surface area contributed by atoms with Crippen LogP contribution < -0.4 is 5.32 Å². The molecule has 1 fully saturated rings. The summed E-state index contributed by atoms with van der Waals surface area (Å²) in [6, 6.07) is 19.8. The molecule has 1 unspecified atom stereocenters. The maximum absolute atomic E-state index is 13.0. The minimum atomic E-state index is -0.503. The van der Waals surface area contributed by atoms with E-state index in [1.807, 2.05) is 64.1 Å². The second kappa shape index (κ2) is 12.0. The Bertz CT molecular complexity index is 864. The number of rotatable bonds is 8. The summed E-state index contributed by atoms with van der Waals surface area (Å²) >= 11 is 0. The van der Waals surface area contributed by atoms with Crippen molar-refractivity contribution in [2.75, 3.05) is 19.7 Å². The Morgan fingerprint density at radius 2 is 1.50 bits per heavy atom. The fourth-order valence-corrected chi connectivity index (χ4v) is 4.36. The van der Waals surface area contributed by atoms with E-state index in [-0.39, 0.29) is 18.1 Å². The van der Waals surface area contributed by atoms with Crippen molar-refractivity contribution >= 4 is 12.1 Å². The van der Waals surface area contributed by atoms with Gasteiger partial charge >= 0.3 is 12.1 Å². The Hall–Kier alpha value is -2.86. The zero-order valence-electron chi connectivity index (χ0n) is 20.8. The number of benzene rings is 2. The van der Waals surface area contributed by atoms with Crippen molar-refractivity contribution in [1.29, 1.82) is 0 Å². The van der Waals surface area contributed by atoms with Crippen LogP contribution >= 0.6 is 0 Å². The first-order chi connectivity index (χ1) is 16.3. The maximum Gasteiger partial charge on any atom is 0.410 e. The van der Waals surface area contributed by atoms with Gasteiger partial charge in [-0.3, -0.25) is 10.1 Å². The smallest absolute Gasteiger partial charge is 0.410 e. The van der Waals surface area contributed by atoms with Gasteiger partial charge in [-0.15, -0.1) is 0 Å². The maximum atomic E-state index is 13.0. The molecule has 1 aliphatic rings. The number of likely N-dealkylation sites (tertiary alicyclic amines) is 1. The molecule has 0 aliphatic carbocycles. The summed E-state index contributed by atoms with van der Waals surface area (Å²) in [5, 5.41) is 3.60. The predicted octanol–water partition coefficient (Wildman–Crippen LogP) is 5.33. The van der Waals surface area contributed by atoms with Crippen LogP contribution in [0.3, 0.4) is 0 Å². The van der Waals surface area contributed by atoms with Crippen LogP contribution in [0.5, 0.6) is 0 Å². The van der Waals surface area contributed by atoms with Gasteiger partial charge in [0.1, 0.15) is 11.6 Å². The first kappa shape index (κ1) is 25.8. The SMILES string of the molecule is CCOC(=O)C(CC1CCN(C(=O)OC(C)(C)C)CC1)NC(c1ccccc1)c1ccccc1. The van der Waals surface area contributed by atoms with E-state index in [1.165, 1.54) is 0 Å². The molecular formula is C28H38N2O4. The molecule has 0 radical (unpaired) electrons. The molecule has 184 valence electrons. The van der Waals surface area contributed by atoms with Gasteiger partial charge in [0.2, 0.25) is 0 Å². The molecule has 0 spiro atoms. The van der Waals surface area contributed by atoms with Crippen molar-refractivity contribution in [2.45, 2.75) is 64.6 Å². The van der Waals surface area contributed by atoms with E-state index in [1.54, 1.807) is 4.90 Å². The minimum absolute atomic E-state index is 0.126. The zero-order chi connectivity index (χ0) is 24.6. The second-order valence-electron chi connectivity index (χ2n) is 9.87. The van der Waals surface area contributed by atoms with E-state index in [0.717, 1.165) is 24.0 Å². The van der Waals surface area contributed by atoms with E-state index in [4.69, 9.17) is 9.47 Å². The van der Waals surface area contributed by atoms with E-state index in [9.17, 15) is 9.59 Å². The summed E-state index contributed by atoms with van der Waals surface area (Å²) in [5.41, 5.74) is 1.70. The van der Waals surface area contributed by atoms with E-state index < -0.39 is 11.6 Å². The van der Waals surface area contributed by atoms with Crippen LogP contribution in [0.15, 0.2) is 60.7 Å². The number of nitrogens with zero attached hydrogens (tertiary/aromatic N) is 1. The Kier molecular flexibility index (Phi) is 9.11. The van der Waals surface area contributed by atoms with Crippen molar-refractivity contribution in [3.63, 3.8) is 0 Å². The first-order valence-corrected chi connectivity index (χ1v) is 12.3. The summed E-state index contributed by atoms with van der Waals surface area (Å²) in [5.74, 6) is 0.0849. The first-order valence-electron chi connectivity index (χ1n) is 12.3. The standard InChI is InChI=1S/C28H38N2O4/c1-5-33-26(31)24(20-21-16-18-30(19-17-21)27(32)34-28(2,3)4)29-25(22-12-8-6-9-13-22)23-14-10-7-11-15-23/h6-15,21,24-25,29H,5,16-20H2,1-4H3. The van der Waals surface area contributed by atoms with Crippen molar-refractivity contribution in [1.82, 2.24) is 10.2 Å². The van der Waals surface area contributed by atoms with Crippen LogP contribution in [-0.4, -0.2) is 48.3 Å². The van der Waals surface area contributed by atoms with Gasteiger partial charge in [0, 0.05) is 13.1 Å². The molecule has 3 rings (SSSR count). The molecule has 1 saturated heterocycles. The summed E-state index contributed by atoms with van der Waals surface area (Å²) in [7, 11) is 0. The highest BCUT2D eigenvalue weighted by atomic mass is 16.6. The Balaban J connectivity index is 1.71. The molecule has 0 saturated carbocycles. The number of hydrogen-bond acceptors (Lipinski definition) is 5. The topological polar surface area (TPSA) is 67.9 Å². The van der Waals surface area contributed by atoms with E-state index in [2.05, 4.69) is 29.6 Å². The van der Waals surface area contributed by atoms with Crippen molar-refractivity contribution < 1.29 is 19.1 Å². The normalized spacial score (nSPS) is 15.7. The van der Waals surface area contributed by atoms with Crippen molar-refractivity contribution in [2.24, 2.45) is 5.92 Å². The van der Waals surface area contributed by atoms with E-state index in [0.29, 0.717) is 32.0 Å². The second-order valence-corrected chi connectivity index (χ2v) is 9.87. The number of ether oxygens (including phenoxy) is 2. The predicted molar refractivity (Wildman–Crippen MR) is 133 cm³/mol. The molecule has 1 heterocycles. The molecular weight excluding hydrogens is 428 g/mol. The lowest BCUT2D eigenvalue weighted by molar-refractivity contribution is -0.146. The molecule has 0 bridgehead atoms. The fourth-order valence-electron chi connectivity index (χ4n) is 4.36. The summed E-state index contributed by atoms with van der Waals surface area (Å²) in [6.45, 7) is 9.08. The number of piperidine rings is 1. The van der Waals surface area contributed by atoms with Gasteiger partial charge in [-0.1, -0.05) is 60.7 Å². The summed E-state index contributed by atoms with van der Waals surface area (Å²) in [4.78, 5) is 27.2. The number of amides is 1. The van der Waals surface area contributed by atoms with Gasteiger partial charge in [-0.2, -0.15) is 0 Å². The van der Waals surface area contributed by atoms with Gasteiger partial charge < -0.3 is 14.4 Å². The molecule has 1 amide bonds. The number of hydrogen-bond donors (Lipinski definition) is 1. The van der Waals surface area contributed by atoms with Crippen LogP contribution in [0.1, 0.15) is 64.1 Å². The quantitative estimate of drug-likeness (QED) is 0.532. The average molecular weight is 467 g/mol. The van der Waals surface area contributed by atoms with Gasteiger partial charge in [0.15, 0.2) is 0 Å². The number of esters is 1. The minimum Gasteiger partial charge on any atom is -0.465 e. The highest BCUT2D eigenvalue weighted by molar-refractivity contribution is 5.76. The molecule has 0 aromatic heterocycles. The lowest BCUT2D eigenvalue weighted by atomic mass is 9.89. The highest BCUT2D eigenvalue weighted by Gasteiger charge is 2.32. The zero-order valence-corrected chi connectivity index (χ0v) is 20.8. The van der Waals surface area contributed by atoms with Crippen LogP contribution in [-0.2, 0) is 14.3 Å². The summed E-state index contributed by atoms with van der Waals surface area (Å²) < 4.78 is 11.0. The molecule has 1 atom stereocenters. The number of carbonyl (C=O) groups is 2. The fraction of sp³-hybridized carbons (Fsp3) is 0.500. The third kappa shape index (κ3) is 7.59. The molecule has 1 N–H and O–H groups in total. The molecule has 2 aromatic rings. The summed E-state index contributed by atoms with van der Waals surface area (Å²) in [6.07, 6.45) is 2.06. The monoisotopic (exact) mass is 466 g/mol. The Morgan fingerprint density at radius 1 is 0.971 bits per heavy atom. The van der Waals surface area contributed by atoms with E-state index >= 15 is 0 Å². The number of carbonyl (C=O) groups excluding carboxylic acids is 2.